The lowest BCUT2D eigenvalue weighted by molar-refractivity contribution is -0.137. The molecule has 0 radical (unpaired) electrons. The number of anilines is 4. The zero-order chi connectivity index (χ0) is 21.7. The zero-order valence-corrected chi connectivity index (χ0v) is 16.9. The van der Waals surface area contributed by atoms with Crippen LogP contribution in [0, 0.1) is 5.92 Å². The molecule has 2 aromatic carbocycles. The van der Waals surface area contributed by atoms with Crippen LogP contribution in [-0.4, -0.2) is 17.1 Å². The van der Waals surface area contributed by atoms with E-state index in [0.717, 1.165) is 12.6 Å². The van der Waals surface area contributed by atoms with Crippen molar-refractivity contribution in [2.45, 2.75) is 26.4 Å². The third-order valence-corrected chi connectivity index (χ3v) is 4.30. The second kappa shape index (κ2) is 9.02. The fourth-order valence-electron chi connectivity index (χ4n) is 2.88. The summed E-state index contributed by atoms with van der Waals surface area (Å²) >= 11 is 0. The maximum atomic E-state index is 13.4. The molecule has 3 aromatic rings. The quantitative estimate of drug-likeness (QED) is 0.481. The summed E-state index contributed by atoms with van der Waals surface area (Å²) in [6.45, 7) is 4.28. The van der Waals surface area contributed by atoms with E-state index >= 15 is 0 Å². The molecule has 3 rings (SSSR count). The van der Waals surface area contributed by atoms with Gasteiger partial charge in [0.2, 0.25) is 5.95 Å². The first-order valence-electron chi connectivity index (χ1n) is 9.46. The first-order valence-corrected chi connectivity index (χ1v) is 9.46. The molecule has 158 valence electrons. The fourth-order valence-corrected chi connectivity index (χ4v) is 2.88. The van der Waals surface area contributed by atoms with Gasteiger partial charge in [0.15, 0.2) is 0 Å². The Hall–Kier alpha value is -3.29. The minimum absolute atomic E-state index is 0.0654. The van der Waals surface area contributed by atoms with Crippen molar-refractivity contribution in [3.05, 3.63) is 65.9 Å². The van der Waals surface area contributed by atoms with Crippen LogP contribution in [0.4, 0.5) is 36.3 Å². The van der Waals surface area contributed by atoms with Gasteiger partial charge in [-0.3, -0.25) is 0 Å². The first kappa shape index (κ1) is 21.4. The highest BCUT2D eigenvalue weighted by Crippen LogP contribution is 2.35. The van der Waals surface area contributed by atoms with Crippen LogP contribution in [0.25, 0.3) is 0 Å². The number of ether oxygens (including phenoxy) is 1. The number of nitrogens with zero attached hydrogens (tertiary/aromatic N) is 2. The Balaban J connectivity index is 1.84. The topological polar surface area (TPSA) is 59.1 Å². The van der Waals surface area contributed by atoms with Crippen molar-refractivity contribution < 1.29 is 17.9 Å². The largest absolute Gasteiger partial charge is 0.497 e. The molecule has 0 spiro atoms. The number of hydrogen-bond acceptors (Lipinski definition) is 5. The Labute approximate surface area is 173 Å². The van der Waals surface area contributed by atoms with Crippen molar-refractivity contribution in [2.75, 3.05) is 17.7 Å². The standard InChI is InChI=1S/C22H23F3N4O/c1-14(2)12-15-4-6-17(7-5-15)28-21-26-13-19(22(23,24)25)20(29-21)27-16-8-10-18(30-3)11-9-16/h4-11,13-14H,12H2,1-3H3,(H2,26,27,28,29). The second-order valence-electron chi connectivity index (χ2n) is 7.23. The Kier molecular flexibility index (Phi) is 6.44. The highest BCUT2D eigenvalue weighted by Gasteiger charge is 2.35. The highest BCUT2D eigenvalue weighted by molar-refractivity contribution is 5.63. The number of rotatable bonds is 7. The van der Waals surface area contributed by atoms with Gasteiger partial charge >= 0.3 is 6.18 Å². The molecule has 0 atom stereocenters. The lowest BCUT2D eigenvalue weighted by Gasteiger charge is -2.15. The molecule has 0 saturated carbocycles. The van der Waals surface area contributed by atoms with Gasteiger partial charge in [0, 0.05) is 17.6 Å². The van der Waals surface area contributed by atoms with E-state index in [4.69, 9.17) is 4.74 Å². The number of nitrogens with one attached hydrogen (secondary N) is 2. The van der Waals surface area contributed by atoms with Gasteiger partial charge in [0.05, 0.1) is 7.11 Å². The van der Waals surface area contributed by atoms with Crippen LogP contribution in [0.15, 0.2) is 54.7 Å². The van der Waals surface area contributed by atoms with Gasteiger partial charge in [-0.15, -0.1) is 0 Å². The van der Waals surface area contributed by atoms with Gasteiger partial charge in [-0.05, 0) is 54.3 Å². The predicted molar refractivity (Wildman–Crippen MR) is 112 cm³/mol. The summed E-state index contributed by atoms with van der Waals surface area (Å²) in [5.41, 5.74) is 1.38. The van der Waals surface area contributed by atoms with Gasteiger partial charge in [0.25, 0.3) is 0 Å². The van der Waals surface area contributed by atoms with E-state index < -0.39 is 11.7 Å². The van der Waals surface area contributed by atoms with Gasteiger partial charge in [0.1, 0.15) is 17.1 Å². The van der Waals surface area contributed by atoms with Gasteiger partial charge in [-0.1, -0.05) is 26.0 Å². The molecule has 0 saturated heterocycles. The average molecular weight is 416 g/mol. The molecule has 0 bridgehead atoms. The van der Waals surface area contributed by atoms with Crippen LogP contribution >= 0.6 is 0 Å². The van der Waals surface area contributed by atoms with Crippen molar-refractivity contribution in [1.82, 2.24) is 9.97 Å². The number of hydrogen-bond donors (Lipinski definition) is 2. The van der Waals surface area contributed by atoms with Gasteiger partial charge < -0.3 is 15.4 Å². The number of methoxy groups -OCH3 is 1. The average Bonchev–Trinajstić information content (AvgIpc) is 2.69. The molecule has 0 aliphatic rings. The molecule has 5 nitrogen and oxygen atoms in total. The molecule has 30 heavy (non-hydrogen) atoms. The molecule has 8 heteroatoms. The zero-order valence-electron chi connectivity index (χ0n) is 16.9. The Morgan fingerprint density at radius 2 is 1.53 bits per heavy atom. The molecule has 0 aliphatic heterocycles. The molecule has 2 N–H and O–H groups in total. The van der Waals surface area contributed by atoms with Crippen LogP contribution in [0.1, 0.15) is 25.0 Å². The summed E-state index contributed by atoms with van der Waals surface area (Å²) in [4.78, 5) is 7.90. The monoisotopic (exact) mass is 416 g/mol. The maximum Gasteiger partial charge on any atom is 0.421 e. The van der Waals surface area contributed by atoms with Crippen molar-refractivity contribution >= 4 is 23.1 Å². The van der Waals surface area contributed by atoms with Crippen LogP contribution in [0.5, 0.6) is 5.75 Å². The van der Waals surface area contributed by atoms with E-state index in [9.17, 15) is 13.2 Å². The van der Waals surface area contributed by atoms with E-state index in [-0.39, 0.29) is 11.8 Å². The normalized spacial score (nSPS) is 11.4. The number of aromatic nitrogens is 2. The maximum absolute atomic E-state index is 13.4. The van der Waals surface area contributed by atoms with E-state index in [1.54, 1.807) is 24.3 Å². The molecule has 1 heterocycles. The third-order valence-electron chi connectivity index (χ3n) is 4.30. The van der Waals surface area contributed by atoms with Crippen molar-refractivity contribution in [3.63, 3.8) is 0 Å². The Morgan fingerprint density at radius 3 is 2.10 bits per heavy atom. The van der Waals surface area contributed by atoms with E-state index in [1.807, 2.05) is 24.3 Å². The van der Waals surface area contributed by atoms with Gasteiger partial charge in [-0.2, -0.15) is 18.2 Å². The minimum atomic E-state index is -4.59. The predicted octanol–water partition coefficient (Wildman–Crippen LogP) is 6.19. The van der Waals surface area contributed by atoms with E-state index in [0.29, 0.717) is 23.0 Å². The summed E-state index contributed by atoms with van der Waals surface area (Å²) in [7, 11) is 1.52. The summed E-state index contributed by atoms with van der Waals surface area (Å²) in [6.07, 6.45) is -2.87. The number of halogens is 3. The molecular formula is C22H23F3N4O. The molecule has 1 aromatic heterocycles. The van der Waals surface area contributed by atoms with Gasteiger partial charge in [-0.25, -0.2) is 4.98 Å². The Bertz CT molecular complexity index is 971. The molecule has 0 unspecified atom stereocenters. The molecule has 0 aliphatic carbocycles. The molecule has 0 amide bonds. The van der Waals surface area contributed by atoms with Crippen LogP contribution in [0.2, 0.25) is 0 Å². The summed E-state index contributed by atoms with van der Waals surface area (Å²) in [6, 6.07) is 14.2. The summed E-state index contributed by atoms with van der Waals surface area (Å²) in [5.74, 6) is 0.869. The number of alkyl halides is 3. The lowest BCUT2D eigenvalue weighted by atomic mass is 10.0. The summed E-state index contributed by atoms with van der Waals surface area (Å²) < 4.78 is 45.3. The van der Waals surface area contributed by atoms with Crippen LogP contribution in [-0.2, 0) is 12.6 Å². The van der Waals surface area contributed by atoms with Crippen LogP contribution < -0.4 is 15.4 Å². The SMILES string of the molecule is COc1ccc(Nc2nc(Nc3ccc(CC(C)C)cc3)ncc2C(F)(F)F)cc1. The first-order chi connectivity index (χ1) is 14.2. The van der Waals surface area contributed by atoms with Crippen molar-refractivity contribution in [3.8, 4) is 5.75 Å². The van der Waals surface area contributed by atoms with E-state index in [1.165, 1.54) is 12.7 Å². The number of benzene rings is 2. The van der Waals surface area contributed by atoms with E-state index in [2.05, 4.69) is 34.4 Å². The molecule has 0 fully saturated rings. The van der Waals surface area contributed by atoms with Crippen LogP contribution in [0.3, 0.4) is 0 Å². The minimum Gasteiger partial charge on any atom is -0.497 e. The highest BCUT2D eigenvalue weighted by atomic mass is 19.4. The van der Waals surface area contributed by atoms with Crippen molar-refractivity contribution in [2.24, 2.45) is 5.92 Å². The lowest BCUT2D eigenvalue weighted by Crippen LogP contribution is -2.12. The fraction of sp³-hybridized carbons (Fsp3) is 0.273. The Morgan fingerprint density at radius 1 is 0.933 bits per heavy atom. The summed E-state index contributed by atoms with van der Waals surface area (Å²) in [5, 5.41) is 5.68. The second-order valence-corrected chi connectivity index (χ2v) is 7.23. The molecular weight excluding hydrogens is 393 g/mol. The smallest absolute Gasteiger partial charge is 0.421 e. The third kappa shape index (κ3) is 5.62. The van der Waals surface area contributed by atoms with Crippen molar-refractivity contribution in [1.29, 1.82) is 0 Å².